The van der Waals surface area contributed by atoms with Gasteiger partial charge in [0.2, 0.25) is 5.95 Å². The Morgan fingerprint density at radius 3 is 2.92 bits per heavy atom. The number of nitrogens with two attached hydrogens (primary N) is 1. The van der Waals surface area contributed by atoms with Gasteiger partial charge in [0.1, 0.15) is 17.0 Å². The monoisotopic (exact) mass is 340 g/mol. The molecule has 0 bridgehead atoms. The maximum Gasteiger partial charge on any atom is 0.259 e. The molecule has 0 radical (unpaired) electrons. The van der Waals surface area contributed by atoms with Gasteiger partial charge in [0.25, 0.3) is 5.91 Å². The topological polar surface area (TPSA) is 97.6 Å². The van der Waals surface area contributed by atoms with Crippen molar-refractivity contribution in [1.82, 2.24) is 29.0 Å². The number of aromatic nitrogens is 5. The first-order valence-corrected chi connectivity index (χ1v) is 8.25. The number of carbonyl (C=O) groups excluding carboxylic acids is 1. The highest BCUT2D eigenvalue weighted by Crippen LogP contribution is 2.17. The smallest absolute Gasteiger partial charge is 0.259 e. The lowest BCUT2D eigenvalue weighted by atomic mass is 10.2. The first kappa shape index (κ1) is 15.4. The summed E-state index contributed by atoms with van der Waals surface area (Å²) in [6.07, 6.45) is 7.88. The van der Waals surface area contributed by atoms with Crippen LogP contribution in [0.3, 0.4) is 0 Å². The zero-order valence-electron chi connectivity index (χ0n) is 14.0. The average Bonchev–Trinajstić information content (AvgIpc) is 3.09. The molecule has 0 aromatic carbocycles. The van der Waals surface area contributed by atoms with E-state index in [9.17, 15) is 4.79 Å². The van der Waals surface area contributed by atoms with Crippen molar-refractivity contribution in [3.63, 3.8) is 0 Å². The summed E-state index contributed by atoms with van der Waals surface area (Å²) in [6.45, 7) is 2.77. The van der Waals surface area contributed by atoms with E-state index in [1.807, 2.05) is 28.9 Å². The fourth-order valence-electron chi connectivity index (χ4n) is 3.21. The van der Waals surface area contributed by atoms with Gasteiger partial charge in [-0.3, -0.25) is 4.79 Å². The van der Waals surface area contributed by atoms with E-state index in [1.54, 1.807) is 23.0 Å². The van der Waals surface area contributed by atoms with Gasteiger partial charge in [-0.25, -0.2) is 9.50 Å². The summed E-state index contributed by atoms with van der Waals surface area (Å²) in [7, 11) is 1.91. The number of imidazole rings is 1. The molecule has 1 amide bonds. The van der Waals surface area contributed by atoms with Gasteiger partial charge in [0, 0.05) is 51.8 Å². The summed E-state index contributed by atoms with van der Waals surface area (Å²) >= 11 is 0. The Balaban J connectivity index is 1.52. The third kappa shape index (κ3) is 2.77. The molecule has 9 nitrogen and oxygen atoms in total. The van der Waals surface area contributed by atoms with Crippen molar-refractivity contribution in [1.29, 1.82) is 0 Å². The molecule has 2 N–H and O–H groups in total. The first-order valence-electron chi connectivity index (χ1n) is 8.25. The molecule has 3 aromatic heterocycles. The molecule has 1 aliphatic heterocycles. The van der Waals surface area contributed by atoms with E-state index in [-0.39, 0.29) is 5.91 Å². The summed E-state index contributed by atoms with van der Waals surface area (Å²) in [5.41, 5.74) is 7.18. The van der Waals surface area contributed by atoms with Crippen molar-refractivity contribution in [2.75, 3.05) is 36.8 Å². The van der Waals surface area contributed by atoms with E-state index in [1.165, 1.54) is 0 Å². The summed E-state index contributed by atoms with van der Waals surface area (Å²) in [5, 5.41) is 4.26. The van der Waals surface area contributed by atoms with Gasteiger partial charge in [-0.05, 0) is 12.5 Å². The number of fused-ring (bicyclic) bond motifs is 1. The maximum absolute atomic E-state index is 13.0. The second-order valence-corrected chi connectivity index (χ2v) is 6.15. The van der Waals surface area contributed by atoms with Crippen LogP contribution in [-0.4, -0.2) is 61.1 Å². The fraction of sp³-hybridized carbons (Fsp3) is 0.375. The molecule has 1 aliphatic rings. The van der Waals surface area contributed by atoms with E-state index >= 15 is 0 Å². The number of anilines is 2. The van der Waals surface area contributed by atoms with Crippen LogP contribution >= 0.6 is 0 Å². The average molecular weight is 340 g/mol. The number of hydrogen-bond donors (Lipinski definition) is 1. The highest BCUT2D eigenvalue weighted by molar-refractivity contribution is 5.99. The lowest BCUT2D eigenvalue weighted by Gasteiger charge is -2.22. The van der Waals surface area contributed by atoms with Gasteiger partial charge in [-0.15, -0.1) is 0 Å². The number of aryl methyl sites for hydroxylation is 1. The van der Waals surface area contributed by atoms with Crippen LogP contribution in [0.2, 0.25) is 0 Å². The number of rotatable bonds is 2. The molecule has 25 heavy (non-hydrogen) atoms. The third-order valence-corrected chi connectivity index (χ3v) is 4.50. The van der Waals surface area contributed by atoms with Gasteiger partial charge < -0.3 is 20.1 Å². The van der Waals surface area contributed by atoms with Crippen molar-refractivity contribution >= 4 is 23.3 Å². The summed E-state index contributed by atoms with van der Waals surface area (Å²) in [5.74, 6) is 1.07. The maximum atomic E-state index is 13.0. The minimum atomic E-state index is 0.00661. The Morgan fingerprint density at radius 1 is 1.20 bits per heavy atom. The van der Waals surface area contributed by atoms with Crippen LogP contribution in [0.1, 0.15) is 16.8 Å². The highest BCUT2D eigenvalue weighted by atomic mass is 16.2. The second-order valence-electron chi connectivity index (χ2n) is 6.15. The lowest BCUT2D eigenvalue weighted by Crippen LogP contribution is -2.35. The van der Waals surface area contributed by atoms with E-state index in [0.29, 0.717) is 37.0 Å². The number of amides is 1. The molecule has 3 aromatic rings. The SMILES string of the molecule is Cn1ccn2ncc(C(=O)N3CCCN(c4nccc(N)n4)CC3)c12. The number of nitrogens with zero attached hydrogens (tertiary/aromatic N) is 7. The predicted molar refractivity (Wildman–Crippen MR) is 93.3 cm³/mol. The Hall–Kier alpha value is -3.10. The van der Waals surface area contributed by atoms with Crippen LogP contribution in [0.15, 0.2) is 30.9 Å². The van der Waals surface area contributed by atoms with Gasteiger partial charge >= 0.3 is 0 Å². The third-order valence-electron chi connectivity index (χ3n) is 4.50. The molecule has 0 saturated carbocycles. The van der Waals surface area contributed by atoms with Crippen molar-refractivity contribution in [3.8, 4) is 0 Å². The molecule has 0 atom stereocenters. The Bertz CT molecular complexity index is 914. The normalized spacial score (nSPS) is 15.6. The molecule has 4 heterocycles. The van der Waals surface area contributed by atoms with Gasteiger partial charge in [0.05, 0.1) is 6.20 Å². The van der Waals surface area contributed by atoms with Crippen molar-refractivity contribution in [3.05, 3.63) is 36.4 Å². The molecule has 4 rings (SSSR count). The molecular formula is C16H20N8O. The van der Waals surface area contributed by atoms with Crippen LogP contribution in [0.5, 0.6) is 0 Å². The molecular weight excluding hydrogens is 320 g/mol. The largest absolute Gasteiger partial charge is 0.384 e. The van der Waals surface area contributed by atoms with Gasteiger partial charge in [-0.2, -0.15) is 10.1 Å². The van der Waals surface area contributed by atoms with Crippen molar-refractivity contribution in [2.45, 2.75) is 6.42 Å². The molecule has 9 heteroatoms. The predicted octanol–water partition coefficient (Wildman–Crippen LogP) is 0.397. The zero-order chi connectivity index (χ0) is 17.4. The van der Waals surface area contributed by atoms with Crippen molar-refractivity contribution < 1.29 is 4.79 Å². The van der Waals surface area contributed by atoms with E-state index in [2.05, 4.69) is 20.0 Å². The number of nitrogen functional groups attached to an aromatic ring is 1. The lowest BCUT2D eigenvalue weighted by molar-refractivity contribution is 0.0768. The van der Waals surface area contributed by atoms with Crippen LogP contribution in [0.25, 0.3) is 5.65 Å². The number of hydrogen-bond acceptors (Lipinski definition) is 6. The molecule has 1 saturated heterocycles. The minimum Gasteiger partial charge on any atom is -0.384 e. The van der Waals surface area contributed by atoms with Crippen molar-refractivity contribution in [2.24, 2.45) is 7.05 Å². The summed E-state index contributed by atoms with van der Waals surface area (Å²) in [6, 6.07) is 1.67. The van der Waals surface area contributed by atoms with Crippen LogP contribution in [0.4, 0.5) is 11.8 Å². The molecule has 130 valence electrons. The standard InChI is InChI=1S/C16H20N8O/c1-21-7-10-24-14(21)12(11-19-24)15(25)22-5-2-6-23(9-8-22)16-18-4-3-13(17)20-16/h3-4,7,10-11H,2,5-6,8-9H2,1H3,(H2,17,18,20). The van der Waals surface area contributed by atoms with E-state index in [4.69, 9.17) is 5.73 Å². The number of carbonyl (C=O) groups is 1. The molecule has 1 fully saturated rings. The Kier molecular flexibility index (Phi) is 3.75. The quantitative estimate of drug-likeness (QED) is 0.725. The summed E-state index contributed by atoms with van der Waals surface area (Å²) in [4.78, 5) is 25.5. The van der Waals surface area contributed by atoms with Crippen LogP contribution in [-0.2, 0) is 7.05 Å². The van der Waals surface area contributed by atoms with E-state index < -0.39 is 0 Å². The fourth-order valence-corrected chi connectivity index (χ4v) is 3.21. The first-order chi connectivity index (χ1) is 12.1. The Labute approximate surface area is 144 Å². The highest BCUT2D eigenvalue weighted by Gasteiger charge is 2.24. The zero-order valence-corrected chi connectivity index (χ0v) is 14.0. The van der Waals surface area contributed by atoms with Crippen LogP contribution in [0, 0.1) is 0 Å². The molecule has 0 unspecified atom stereocenters. The molecule has 0 aliphatic carbocycles. The Morgan fingerprint density at radius 2 is 2.08 bits per heavy atom. The van der Waals surface area contributed by atoms with E-state index in [0.717, 1.165) is 18.6 Å². The minimum absolute atomic E-state index is 0.00661. The van der Waals surface area contributed by atoms with Gasteiger partial charge in [0.15, 0.2) is 0 Å². The second kappa shape index (κ2) is 6.08. The van der Waals surface area contributed by atoms with Crippen LogP contribution < -0.4 is 10.6 Å². The summed E-state index contributed by atoms with van der Waals surface area (Å²) < 4.78 is 3.63. The van der Waals surface area contributed by atoms with Gasteiger partial charge in [-0.1, -0.05) is 0 Å². The molecule has 0 spiro atoms.